The molecule has 0 heterocycles. The van der Waals surface area contributed by atoms with Crippen LogP contribution in [0.3, 0.4) is 0 Å². The number of carboxylic acids is 1. The maximum Gasteiger partial charge on any atom is 0.319 e. The van der Waals surface area contributed by atoms with Gasteiger partial charge in [-0.3, -0.25) is 14.9 Å². The lowest BCUT2D eigenvalue weighted by Gasteiger charge is -2.10. The van der Waals surface area contributed by atoms with Gasteiger partial charge in [-0.2, -0.15) is 0 Å². The normalized spacial score (nSPS) is 10.0. The fourth-order valence-electron chi connectivity index (χ4n) is 1.62. The van der Waals surface area contributed by atoms with Crippen LogP contribution in [0, 0.1) is 22.9 Å². The van der Waals surface area contributed by atoms with Gasteiger partial charge >= 0.3 is 12.0 Å². The summed E-state index contributed by atoms with van der Waals surface area (Å²) in [5.41, 5.74) is -0.585. The first kappa shape index (κ1) is 16.3. The number of carbonyl (C=O) groups excluding carboxylic acids is 1. The summed E-state index contributed by atoms with van der Waals surface area (Å²) in [5, 5.41) is 23.7. The highest BCUT2D eigenvalue weighted by molar-refractivity contribution is 5.90. The Morgan fingerprint density at radius 3 is 2.67 bits per heavy atom. The van der Waals surface area contributed by atoms with Gasteiger partial charge in [0.1, 0.15) is 5.82 Å². The van der Waals surface area contributed by atoms with Crippen LogP contribution in [0.5, 0.6) is 0 Å². The molecule has 0 radical (unpaired) electrons. The molecule has 1 rings (SSSR count). The van der Waals surface area contributed by atoms with E-state index in [2.05, 4.69) is 10.6 Å². The minimum atomic E-state index is -0.988. The zero-order valence-electron chi connectivity index (χ0n) is 11.2. The second-order valence-corrected chi connectivity index (χ2v) is 4.20. The average Bonchev–Trinajstić information content (AvgIpc) is 2.39. The predicted octanol–water partition coefficient (Wildman–Crippen LogP) is 2.03. The number of nitro benzene ring substituents is 1. The van der Waals surface area contributed by atoms with E-state index in [1.807, 2.05) is 0 Å². The molecule has 0 unspecified atom stereocenters. The molecule has 8 nitrogen and oxygen atoms in total. The van der Waals surface area contributed by atoms with Crippen molar-refractivity contribution in [3.05, 3.63) is 33.6 Å². The molecular weight excluding hydrogens is 285 g/mol. The molecule has 0 aliphatic rings. The van der Waals surface area contributed by atoms with E-state index in [1.54, 1.807) is 0 Å². The monoisotopic (exact) mass is 299 g/mol. The zero-order valence-corrected chi connectivity index (χ0v) is 11.2. The van der Waals surface area contributed by atoms with Crippen molar-refractivity contribution in [2.75, 3.05) is 11.9 Å². The first-order valence-corrected chi connectivity index (χ1v) is 6.03. The lowest BCUT2D eigenvalue weighted by Crippen LogP contribution is -2.30. The van der Waals surface area contributed by atoms with Gasteiger partial charge in [0.15, 0.2) is 0 Å². The molecule has 0 aliphatic carbocycles. The maximum absolute atomic E-state index is 13.6. The van der Waals surface area contributed by atoms with Crippen molar-refractivity contribution in [1.82, 2.24) is 5.32 Å². The van der Waals surface area contributed by atoms with Crippen LogP contribution in [0.15, 0.2) is 12.1 Å². The Hall–Kier alpha value is -2.71. The van der Waals surface area contributed by atoms with E-state index in [0.717, 1.165) is 12.1 Å². The Bertz CT molecular complexity index is 576. The zero-order chi connectivity index (χ0) is 16.0. The summed E-state index contributed by atoms with van der Waals surface area (Å²) in [6, 6.07) is 1.15. The fraction of sp³-hybridized carbons (Fsp3) is 0.333. The SMILES string of the molecule is Cc1c([N+](=O)[O-])ccc(F)c1NC(=O)NCCCC(=O)O. The summed E-state index contributed by atoms with van der Waals surface area (Å²) in [5.74, 6) is -1.78. The van der Waals surface area contributed by atoms with Crippen molar-refractivity contribution in [1.29, 1.82) is 0 Å². The van der Waals surface area contributed by atoms with E-state index in [1.165, 1.54) is 6.92 Å². The number of anilines is 1. The third-order valence-electron chi connectivity index (χ3n) is 2.67. The Kier molecular flexibility index (Phi) is 5.58. The molecule has 0 bridgehead atoms. The molecule has 3 N–H and O–H groups in total. The molecule has 1 aromatic rings. The Morgan fingerprint density at radius 2 is 2.10 bits per heavy atom. The number of urea groups is 1. The lowest BCUT2D eigenvalue weighted by molar-refractivity contribution is -0.385. The third-order valence-corrected chi connectivity index (χ3v) is 2.67. The van der Waals surface area contributed by atoms with Crippen molar-refractivity contribution in [2.24, 2.45) is 0 Å². The van der Waals surface area contributed by atoms with Crippen LogP contribution in [-0.4, -0.2) is 28.6 Å². The van der Waals surface area contributed by atoms with E-state index in [0.29, 0.717) is 0 Å². The van der Waals surface area contributed by atoms with Crippen molar-refractivity contribution >= 4 is 23.4 Å². The molecule has 0 aromatic heterocycles. The number of hydrogen-bond acceptors (Lipinski definition) is 4. The molecule has 0 atom stereocenters. The molecule has 21 heavy (non-hydrogen) atoms. The van der Waals surface area contributed by atoms with Gasteiger partial charge in [-0.05, 0) is 19.4 Å². The van der Waals surface area contributed by atoms with Gasteiger partial charge in [0.2, 0.25) is 0 Å². The van der Waals surface area contributed by atoms with E-state index < -0.39 is 22.7 Å². The summed E-state index contributed by atoms with van der Waals surface area (Å²) < 4.78 is 13.6. The summed E-state index contributed by atoms with van der Waals surface area (Å²) >= 11 is 0. The Balaban J connectivity index is 2.70. The van der Waals surface area contributed by atoms with E-state index >= 15 is 0 Å². The van der Waals surface area contributed by atoms with Gasteiger partial charge in [-0.15, -0.1) is 0 Å². The number of hydrogen-bond donors (Lipinski definition) is 3. The summed E-state index contributed by atoms with van der Waals surface area (Å²) in [6.07, 6.45) is 0.115. The first-order chi connectivity index (χ1) is 9.82. The van der Waals surface area contributed by atoms with Crippen molar-refractivity contribution in [2.45, 2.75) is 19.8 Å². The van der Waals surface area contributed by atoms with Gasteiger partial charge in [0, 0.05) is 19.0 Å². The summed E-state index contributed by atoms with van der Waals surface area (Å²) in [7, 11) is 0. The quantitative estimate of drug-likeness (QED) is 0.421. The molecule has 0 saturated heterocycles. The number of aliphatic carboxylic acids is 1. The van der Waals surface area contributed by atoms with Crippen molar-refractivity contribution < 1.29 is 24.0 Å². The third kappa shape index (κ3) is 4.71. The van der Waals surface area contributed by atoms with Gasteiger partial charge in [-0.25, -0.2) is 9.18 Å². The van der Waals surface area contributed by atoms with Gasteiger partial charge in [-0.1, -0.05) is 0 Å². The molecule has 114 valence electrons. The van der Waals surface area contributed by atoms with Crippen LogP contribution >= 0.6 is 0 Å². The highest BCUT2D eigenvalue weighted by Gasteiger charge is 2.19. The smallest absolute Gasteiger partial charge is 0.319 e. The topological polar surface area (TPSA) is 122 Å². The number of nitrogens with one attached hydrogen (secondary N) is 2. The van der Waals surface area contributed by atoms with Crippen molar-refractivity contribution in [3.63, 3.8) is 0 Å². The number of benzene rings is 1. The van der Waals surface area contributed by atoms with Gasteiger partial charge < -0.3 is 15.7 Å². The minimum absolute atomic E-state index is 0.000635. The molecule has 0 saturated carbocycles. The van der Waals surface area contributed by atoms with E-state index in [4.69, 9.17) is 5.11 Å². The number of carbonyl (C=O) groups is 2. The van der Waals surface area contributed by atoms with Crippen LogP contribution in [0.4, 0.5) is 20.6 Å². The average molecular weight is 299 g/mol. The molecule has 0 spiro atoms. The predicted molar refractivity (Wildman–Crippen MR) is 71.7 cm³/mol. The minimum Gasteiger partial charge on any atom is -0.481 e. The second kappa shape index (κ2) is 7.17. The molecule has 0 fully saturated rings. The van der Waals surface area contributed by atoms with Crippen LogP contribution in [-0.2, 0) is 4.79 Å². The van der Waals surface area contributed by atoms with Crippen LogP contribution in [0.25, 0.3) is 0 Å². The summed E-state index contributed by atoms with van der Waals surface area (Å²) in [6.45, 7) is 1.41. The summed E-state index contributed by atoms with van der Waals surface area (Å²) in [4.78, 5) is 31.9. The fourth-order valence-corrected chi connectivity index (χ4v) is 1.62. The van der Waals surface area contributed by atoms with E-state index in [-0.39, 0.29) is 36.3 Å². The number of halogens is 1. The molecule has 9 heteroatoms. The standard InChI is InChI=1S/C12H14FN3O5/c1-7-9(16(20)21)5-4-8(13)11(7)15-12(19)14-6-2-3-10(17)18/h4-5H,2-3,6H2,1H3,(H,17,18)(H2,14,15,19). The highest BCUT2D eigenvalue weighted by Crippen LogP contribution is 2.28. The van der Waals surface area contributed by atoms with E-state index in [9.17, 15) is 24.1 Å². The number of carboxylic acid groups (broad SMARTS) is 1. The second-order valence-electron chi connectivity index (χ2n) is 4.20. The molecule has 0 aliphatic heterocycles. The van der Waals surface area contributed by atoms with Crippen LogP contribution in [0.2, 0.25) is 0 Å². The molecular formula is C12H14FN3O5. The van der Waals surface area contributed by atoms with Gasteiger partial charge in [0.05, 0.1) is 16.2 Å². The molecule has 2 amide bonds. The number of nitro groups is 1. The number of rotatable bonds is 6. The Labute approximate surface area is 119 Å². The molecule has 1 aromatic carbocycles. The van der Waals surface area contributed by atoms with Crippen molar-refractivity contribution in [3.8, 4) is 0 Å². The largest absolute Gasteiger partial charge is 0.481 e. The lowest BCUT2D eigenvalue weighted by atomic mass is 10.1. The first-order valence-electron chi connectivity index (χ1n) is 6.03. The van der Waals surface area contributed by atoms with Crippen LogP contribution < -0.4 is 10.6 Å². The Morgan fingerprint density at radius 1 is 1.43 bits per heavy atom. The number of amides is 2. The maximum atomic E-state index is 13.6. The highest BCUT2D eigenvalue weighted by atomic mass is 19.1. The van der Waals surface area contributed by atoms with Gasteiger partial charge in [0.25, 0.3) is 5.69 Å². The number of nitrogens with zero attached hydrogens (tertiary/aromatic N) is 1. The van der Waals surface area contributed by atoms with Crippen LogP contribution in [0.1, 0.15) is 18.4 Å².